The lowest BCUT2D eigenvalue weighted by atomic mass is 10.2. The fraction of sp³-hybridized carbons (Fsp3) is 0.0500. The van der Waals surface area contributed by atoms with E-state index in [2.05, 4.69) is 20.9 Å². The second-order valence-corrected chi connectivity index (χ2v) is 5.78. The molecule has 3 aromatic rings. The SMILES string of the molecule is CC(=O)Nc1cccc(Nc2ccc(C(=O)Nc3ccc(F)cc3)nc2)c1. The molecule has 27 heavy (non-hydrogen) atoms. The van der Waals surface area contributed by atoms with Gasteiger partial charge in [0.15, 0.2) is 0 Å². The van der Waals surface area contributed by atoms with E-state index in [1.807, 2.05) is 12.1 Å². The molecule has 0 atom stereocenters. The monoisotopic (exact) mass is 364 g/mol. The van der Waals surface area contributed by atoms with Gasteiger partial charge >= 0.3 is 0 Å². The molecule has 0 bridgehead atoms. The largest absolute Gasteiger partial charge is 0.354 e. The molecule has 2 aromatic carbocycles. The number of nitrogens with one attached hydrogen (secondary N) is 3. The van der Waals surface area contributed by atoms with E-state index in [0.717, 1.165) is 5.69 Å². The minimum Gasteiger partial charge on any atom is -0.354 e. The van der Waals surface area contributed by atoms with E-state index < -0.39 is 0 Å². The minimum absolute atomic E-state index is 0.148. The van der Waals surface area contributed by atoms with Gasteiger partial charge in [0, 0.05) is 24.0 Å². The van der Waals surface area contributed by atoms with Crippen LogP contribution in [-0.2, 0) is 4.79 Å². The zero-order valence-corrected chi connectivity index (χ0v) is 14.5. The van der Waals surface area contributed by atoms with Gasteiger partial charge in [-0.15, -0.1) is 0 Å². The fourth-order valence-corrected chi connectivity index (χ4v) is 2.38. The number of amides is 2. The number of benzene rings is 2. The van der Waals surface area contributed by atoms with E-state index >= 15 is 0 Å². The Morgan fingerprint density at radius 1 is 0.852 bits per heavy atom. The molecule has 1 heterocycles. The minimum atomic E-state index is -0.388. The van der Waals surface area contributed by atoms with E-state index in [1.165, 1.54) is 37.4 Å². The van der Waals surface area contributed by atoms with Crippen molar-refractivity contribution in [3.05, 3.63) is 78.4 Å². The van der Waals surface area contributed by atoms with Crippen molar-refractivity contribution in [3.8, 4) is 0 Å². The lowest BCUT2D eigenvalue weighted by molar-refractivity contribution is -0.114. The second-order valence-electron chi connectivity index (χ2n) is 5.78. The number of hydrogen-bond donors (Lipinski definition) is 3. The summed E-state index contributed by atoms with van der Waals surface area (Å²) >= 11 is 0. The third-order valence-electron chi connectivity index (χ3n) is 3.57. The quantitative estimate of drug-likeness (QED) is 0.634. The van der Waals surface area contributed by atoms with Crippen molar-refractivity contribution in [1.82, 2.24) is 4.98 Å². The van der Waals surface area contributed by atoms with Crippen molar-refractivity contribution in [1.29, 1.82) is 0 Å². The predicted octanol–water partition coefficient (Wildman–Crippen LogP) is 4.18. The maximum Gasteiger partial charge on any atom is 0.274 e. The summed E-state index contributed by atoms with van der Waals surface area (Å²) < 4.78 is 12.9. The molecule has 0 aliphatic heterocycles. The zero-order valence-electron chi connectivity index (χ0n) is 14.5. The van der Waals surface area contributed by atoms with Crippen LogP contribution in [0.5, 0.6) is 0 Å². The average molecular weight is 364 g/mol. The Kier molecular flexibility index (Phi) is 5.41. The number of pyridine rings is 1. The predicted molar refractivity (Wildman–Crippen MR) is 103 cm³/mol. The summed E-state index contributed by atoms with van der Waals surface area (Å²) in [4.78, 5) is 27.5. The van der Waals surface area contributed by atoms with Crippen molar-refractivity contribution in [2.45, 2.75) is 6.92 Å². The normalized spacial score (nSPS) is 10.1. The van der Waals surface area contributed by atoms with Crippen molar-refractivity contribution < 1.29 is 14.0 Å². The molecule has 6 nitrogen and oxygen atoms in total. The van der Waals surface area contributed by atoms with Crippen molar-refractivity contribution in [3.63, 3.8) is 0 Å². The fourth-order valence-electron chi connectivity index (χ4n) is 2.38. The Labute approximate surface area is 155 Å². The summed E-state index contributed by atoms with van der Waals surface area (Å²) in [6, 6.07) is 16.0. The summed E-state index contributed by atoms with van der Waals surface area (Å²) in [5.41, 5.74) is 2.85. The van der Waals surface area contributed by atoms with Gasteiger partial charge in [0.2, 0.25) is 5.91 Å². The molecule has 0 saturated carbocycles. The standard InChI is InChI=1S/C20H17FN4O2/c1-13(26)23-16-3-2-4-17(11-16)24-18-9-10-19(22-12-18)20(27)25-15-7-5-14(21)6-8-15/h2-12,24H,1H3,(H,23,26)(H,25,27). The Bertz CT molecular complexity index is 956. The number of aromatic nitrogens is 1. The van der Waals surface area contributed by atoms with Crippen LogP contribution in [0.25, 0.3) is 0 Å². The molecule has 3 rings (SSSR count). The number of rotatable bonds is 5. The highest BCUT2D eigenvalue weighted by molar-refractivity contribution is 6.03. The molecule has 0 unspecified atom stereocenters. The van der Waals surface area contributed by atoms with Gasteiger partial charge < -0.3 is 16.0 Å². The van der Waals surface area contributed by atoms with Crippen LogP contribution in [0.3, 0.4) is 0 Å². The Morgan fingerprint density at radius 2 is 1.56 bits per heavy atom. The number of carbonyl (C=O) groups excluding carboxylic acids is 2. The van der Waals surface area contributed by atoms with E-state index in [0.29, 0.717) is 17.1 Å². The topological polar surface area (TPSA) is 83.1 Å². The third kappa shape index (κ3) is 5.12. The number of carbonyl (C=O) groups is 2. The Morgan fingerprint density at radius 3 is 2.22 bits per heavy atom. The first-order chi connectivity index (χ1) is 13.0. The van der Waals surface area contributed by atoms with Gasteiger partial charge in [-0.2, -0.15) is 0 Å². The lowest BCUT2D eigenvalue weighted by Crippen LogP contribution is -2.13. The maximum absolute atomic E-state index is 12.9. The molecule has 0 fully saturated rings. The van der Waals surface area contributed by atoms with Gasteiger partial charge in [0.25, 0.3) is 5.91 Å². The summed E-state index contributed by atoms with van der Waals surface area (Å²) in [6.07, 6.45) is 1.53. The van der Waals surface area contributed by atoms with Crippen LogP contribution >= 0.6 is 0 Å². The molecular weight excluding hydrogens is 347 g/mol. The molecule has 0 aliphatic carbocycles. The van der Waals surface area contributed by atoms with E-state index in [9.17, 15) is 14.0 Å². The van der Waals surface area contributed by atoms with Gasteiger partial charge in [0.05, 0.1) is 11.9 Å². The van der Waals surface area contributed by atoms with Gasteiger partial charge in [-0.1, -0.05) is 6.07 Å². The number of anilines is 4. The highest BCUT2D eigenvalue weighted by Crippen LogP contribution is 2.20. The van der Waals surface area contributed by atoms with Gasteiger partial charge in [-0.05, 0) is 54.6 Å². The molecule has 0 spiro atoms. The van der Waals surface area contributed by atoms with Crippen LogP contribution in [0.4, 0.5) is 27.1 Å². The van der Waals surface area contributed by atoms with E-state index in [-0.39, 0.29) is 23.3 Å². The van der Waals surface area contributed by atoms with E-state index in [4.69, 9.17) is 0 Å². The molecule has 7 heteroatoms. The summed E-state index contributed by atoms with van der Waals surface area (Å²) in [5.74, 6) is -0.907. The van der Waals surface area contributed by atoms with Crippen LogP contribution in [0.2, 0.25) is 0 Å². The van der Waals surface area contributed by atoms with Crippen molar-refractivity contribution in [2.24, 2.45) is 0 Å². The Hall–Kier alpha value is -3.74. The molecule has 0 saturated heterocycles. The van der Waals surface area contributed by atoms with Crippen LogP contribution in [-0.4, -0.2) is 16.8 Å². The molecular formula is C20H17FN4O2. The number of hydrogen-bond acceptors (Lipinski definition) is 4. The summed E-state index contributed by atoms with van der Waals surface area (Å²) in [7, 11) is 0. The molecule has 136 valence electrons. The lowest BCUT2D eigenvalue weighted by Gasteiger charge is -2.09. The molecule has 3 N–H and O–H groups in total. The van der Waals surface area contributed by atoms with Crippen molar-refractivity contribution in [2.75, 3.05) is 16.0 Å². The van der Waals surface area contributed by atoms with E-state index in [1.54, 1.807) is 24.3 Å². The second kappa shape index (κ2) is 8.09. The van der Waals surface area contributed by atoms with Crippen LogP contribution in [0.15, 0.2) is 66.9 Å². The van der Waals surface area contributed by atoms with Gasteiger partial charge in [-0.25, -0.2) is 9.37 Å². The number of nitrogens with zero attached hydrogens (tertiary/aromatic N) is 1. The first-order valence-electron chi connectivity index (χ1n) is 8.17. The van der Waals surface area contributed by atoms with Crippen LogP contribution < -0.4 is 16.0 Å². The first kappa shape index (κ1) is 18.1. The highest BCUT2D eigenvalue weighted by atomic mass is 19.1. The zero-order chi connectivity index (χ0) is 19.2. The molecule has 1 aromatic heterocycles. The molecule has 0 radical (unpaired) electrons. The van der Waals surface area contributed by atoms with Crippen LogP contribution in [0.1, 0.15) is 17.4 Å². The highest BCUT2D eigenvalue weighted by Gasteiger charge is 2.08. The number of halogens is 1. The smallest absolute Gasteiger partial charge is 0.274 e. The summed E-state index contributed by atoms with van der Waals surface area (Å²) in [5, 5.41) is 8.51. The third-order valence-corrected chi connectivity index (χ3v) is 3.57. The summed E-state index contributed by atoms with van der Waals surface area (Å²) in [6.45, 7) is 1.44. The van der Waals surface area contributed by atoms with Gasteiger partial charge in [-0.3, -0.25) is 9.59 Å². The maximum atomic E-state index is 12.9. The molecule has 0 aliphatic rings. The molecule has 2 amide bonds. The Balaban J connectivity index is 1.65. The van der Waals surface area contributed by atoms with Crippen LogP contribution in [0, 0.1) is 5.82 Å². The first-order valence-corrected chi connectivity index (χ1v) is 8.17. The average Bonchev–Trinajstić information content (AvgIpc) is 2.64. The van der Waals surface area contributed by atoms with Gasteiger partial charge in [0.1, 0.15) is 11.5 Å². The van der Waals surface area contributed by atoms with Crippen molar-refractivity contribution >= 4 is 34.6 Å².